The number of hydrogen-bond donors (Lipinski definition) is 0. The summed E-state index contributed by atoms with van der Waals surface area (Å²) >= 11 is 10.7. The molecule has 0 radical (unpaired) electrons. The Morgan fingerprint density at radius 1 is 0.692 bits per heavy atom. The number of hydrogen-bond acceptors (Lipinski definition) is 3. The van der Waals surface area contributed by atoms with Crippen LogP contribution in [0.1, 0.15) is 0 Å². The van der Waals surface area contributed by atoms with Gasteiger partial charge in [0.15, 0.2) is 0 Å². The fourth-order valence-electron chi connectivity index (χ4n) is 2.34. The van der Waals surface area contributed by atoms with E-state index in [2.05, 4.69) is 68.0 Å². The molecule has 0 saturated carbocycles. The Labute approximate surface area is 175 Å². The van der Waals surface area contributed by atoms with Crippen molar-refractivity contribution in [1.82, 2.24) is 0 Å². The minimum atomic E-state index is 0.389. The van der Waals surface area contributed by atoms with E-state index < -0.39 is 0 Å². The number of rotatable bonds is 4. The highest BCUT2D eigenvalue weighted by Gasteiger charge is 2.21. The summed E-state index contributed by atoms with van der Waals surface area (Å²) in [6, 6.07) is 19.0. The van der Waals surface area contributed by atoms with Gasteiger partial charge in [-0.2, -0.15) is 5.11 Å². The third kappa shape index (κ3) is 3.88. The van der Waals surface area contributed by atoms with Crippen molar-refractivity contribution in [1.29, 1.82) is 0 Å². The van der Waals surface area contributed by atoms with Gasteiger partial charge in [-0.05, 0) is 71.0 Å². The van der Waals surface area contributed by atoms with E-state index in [9.17, 15) is 0 Å². The Morgan fingerprint density at radius 2 is 1.31 bits per heavy atom. The number of benzene rings is 3. The standard InChI is InChI=1S/C18H10Br3N5/c19-14-13(11-7-3-1-4-8-11)17(25-26-22)18(16(21)15(14)20)24-23-12-9-5-2-6-10-12/h1-10H. The first kappa shape index (κ1) is 18.8. The Hall–Kier alpha value is -1.99. The van der Waals surface area contributed by atoms with Gasteiger partial charge < -0.3 is 0 Å². The zero-order valence-electron chi connectivity index (χ0n) is 13.1. The molecule has 0 aliphatic heterocycles. The van der Waals surface area contributed by atoms with E-state index in [0.29, 0.717) is 21.5 Å². The van der Waals surface area contributed by atoms with E-state index in [1.807, 2.05) is 60.7 Å². The van der Waals surface area contributed by atoms with Gasteiger partial charge in [0, 0.05) is 19.4 Å². The van der Waals surface area contributed by atoms with Crippen LogP contribution in [-0.4, -0.2) is 0 Å². The molecule has 0 unspecified atom stereocenters. The number of halogens is 3. The van der Waals surface area contributed by atoms with E-state index in [1.165, 1.54) is 0 Å². The second-order valence-electron chi connectivity index (χ2n) is 5.11. The van der Waals surface area contributed by atoms with E-state index in [4.69, 9.17) is 5.53 Å². The first-order valence-corrected chi connectivity index (χ1v) is 9.79. The summed E-state index contributed by atoms with van der Waals surface area (Å²) in [6.07, 6.45) is 0. The van der Waals surface area contributed by atoms with Gasteiger partial charge in [0.2, 0.25) is 0 Å². The van der Waals surface area contributed by atoms with Crippen molar-refractivity contribution < 1.29 is 0 Å². The van der Waals surface area contributed by atoms with Crippen molar-refractivity contribution in [3.63, 3.8) is 0 Å². The van der Waals surface area contributed by atoms with Gasteiger partial charge in [-0.1, -0.05) is 53.6 Å². The first-order valence-electron chi connectivity index (χ1n) is 7.41. The molecule has 0 aliphatic rings. The summed E-state index contributed by atoms with van der Waals surface area (Å²) in [5.41, 5.74) is 12.3. The highest BCUT2D eigenvalue weighted by molar-refractivity contribution is 9.14. The van der Waals surface area contributed by atoms with E-state index in [0.717, 1.165) is 20.1 Å². The van der Waals surface area contributed by atoms with Gasteiger partial charge in [-0.25, -0.2) is 0 Å². The molecule has 0 spiro atoms. The molecular formula is C18H10Br3N5. The zero-order valence-corrected chi connectivity index (χ0v) is 17.9. The van der Waals surface area contributed by atoms with Crippen LogP contribution in [-0.2, 0) is 0 Å². The third-order valence-corrected chi connectivity index (χ3v) is 6.92. The molecule has 0 fully saturated rings. The van der Waals surface area contributed by atoms with Crippen molar-refractivity contribution in [3.8, 4) is 11.1 Å². The van der Waals surface area contributed by atoms with Crippen LogP contribution >= 0.6 is 47.8 Å². The molecule has 0 amide bonds. The molecule has 0 bridgehead atoms. The molecule has 0 atom stereocenters. The molecule has 3 aromatic rings. The second kappa shape index (κ2) is 8.60. The smallest absolute Gasteiger partial charge is 0.111 e. The summed E-state index contributed by atoms with van der Waals surface area (Å²) in [5, 5.41) is 12.5. The second-order valence-corrected chi connectivity index (χ2v) is 7.48. The summed E-state index contributed by atoms with van der Waals surface area (Å²) in [5.74, 6) is 0. The fraction of sp³-hybridized carbons (Fsp3) is 0. The zero-order chi connectivity index (χ0) is 18.5. The number of nitrogens with zero attached hydrogens (tertiary/aromatic N) is 5. The summed E-state index contributed by atoms with van der Waals surface area (Å²) < 4.78 is 2.16. The van der Waals surface area contributed by atoms with Gasteiger partial charge in [0.05, 0.1) is 15.8 Å². The predicted octanol–water partition coefficient (Wildman–Crippen LogP) is 9.00. The maximum atomic E-state index is 9.10. The molecule has 26 heavy (non-hydrogen) atoms. The number of azo groups is 1. The normalized spacial score (nSPS) is 10.7. The average molecular weight is 536 g/mol. The molecular weight excluding hydrogens is 526 g/mol. The van der Waals surface area contributed by atoms with Gasteiger partial charge >= 0.3 is 0 Å². The minimum Gasteiger partial charge on any atom is -0.151 e. The summed E-state index contributed by atoms with van der Waals surface area (Å²) in [7, 11) is 0. The van der Waals surface area contributed by atoms with Crippen molar-refractivity contribution in [3.05, 3.63) is 84.5 Å². The molecule has 0 saturated heterocycles. The monoisotopic (exact) mass is 533 g/mol. The van der Waals surface area contributed by atoms with Gasteiger partial charge in [-0.15, -0.1) is 5.11 Å². The SMILES string of the molecule is [N-]=[N+]=Nc1c(N=Nc2ccccc2)c(Br)c(Br)c(Br)c1-c1ccccc1. The summed E-state index contributed by atoms with van der Waals surface area (Å²) in [4.78, 5) is 2.99. The van der Waals surface area contributed by atoms with E-state index in [-0.39, 0.29) is 0 Å². The van der Waals surface area contributed by atoms with Crippen LogP contribution in [0.4, 0.5) is 17.1 Å². The van der Waals surface area contributed by atoms with Crippen molar-refractivity contribution in [2.24, 2.45) is 15.3 Å². The topological polar surface area (TPSA) is 73.5 Å². The molecule has 5 nitrogen and oxygen atoms in total. The lowest BCUT2D eigenvalue weighted by Crippen LogP contribution is -1.86. The van der Waals surface area contributed by atoms with Gasteiger partial charge in [0.1, 0.15) is 5.69 Å². The van der Waals surface area contributed by atoms with Gasteiger partial charge in [-0.3, -0.25) is 0 Å². The molecule has 0 aromatic heterocycles. The average Bonchev–Trinajstić information content (AvgIpc) is 2.68. The molecule has 3 rings (SSSR count). The lowest BCUT2D eigenvalue weighted by molar-refractivity contribution is 1.21. The largest absolute Gasteiger partial charge is 0.151 e. The lowest BCUT2D eigenvalue weighted by Gasteiger charge is -2.15. The highest BCUT2D eigenvalue weighted by Crippen LogP contribution is 2.52. The molecule has 0 aliphatic carbocycles. The Balaban J connectivity index is 2.28. The van der Waals surface area contributed by atoms with Crippen molar-refractivity contribution >= 4 is 64.9 Å². The molecule has 8 heteroatoms. The van der Waals surface area contributed by atoms with E-state index >= 15 is 0 Å². The molecule has 128 valence electrons. The van der Waals surface area contributed by atoms with Crippen LogP contribution in [0.5, 0.6) is 0 Å². The van der Waals surface area contributed by atoms with Gasteiger partial charge in [0.25, 0.3) is 0 Å². The lowest BCUT2D eigenvalue weighted by atomic mass is 10.0. The summed E-state index contributed by atoms with van der Waals surface area (Å²) in [6.45, 7) is 0. The minimum absolute atomic E-state index is 0.389. The quantitative estimate of drug-likeness (QED) is 0.138. The van der Waals surface area contributed by atoms with Crippen molar-refractivity contribution in [2.75, 3.05) is 0 Å². The van der Waals surface area contributed by atoms with Crippen LogP contribution in [0, 0.1) is 0 Å². The number of azide groups is 1. The maximum Gasteiger partial charge on any atom is 0.111 e. The van der Waals surface area contributed by atoms with Crippen LogP contribution < -0.4 is 0 Å². The first-order chi connectivity index (χ1) is 12.6. The Kier molecular flexibility index (Phi) is 6.21. The Bertz CT molecular complexity index is 1010. The van der Waals surface area contributed by atoms with E-state index in [1.54, 1.807) is 0 Å². The van der Waals surface area contributed by atoms with Crippen LogP contribution in [0.15, 0.2) is 89.4 Å². The third-order valence-electron chi connectivity index (χ3n) is 3.50. The fourth-order valence-corrected chi connectivity index (χ4v) is 4.07. The molecule has 0 N–H and O–H groups in total. The van der Waals surface area contributed by atoms with Crippen LogP contribution in [0.2, 0.25) is 0 Å². The maximum absolute atomic E-state index is 9.10. The highest BCUT2D eigenvalue weighted by atomic mass is 79.9. The Morgan fingerprint density at radius 3 is 1.92 bits per heavy atom. The molecule has 3 aromatic carbocycles. The van der Waals surface area contributed by atoms with Crippen molar-refractivity contribution in [2.45, 2.75) is 0 Å². The van der Waals surface area contributed by atoms with Crippen LogP contribution in [0.3, 0.4) is 0 Å². The predicted molar refractivity (Wildman–Crippen MR) is 114 cm³/mol. The van der Waals surface area contributed by atoms with Crippen LogP contribution in [0.25, 0.3) is 21.6 Å². The molecule has 0 heterocycles.